The third kappa shape index (κ3) is 5.91. The summed E-state index contributed by atoms with van der Waals surface area (Å²) in [6.07, 6.45) is 8.24. The van der Waals surface area contributed by atoms with Crippen molar-refractivity contribution in [2.24, 2.45) is 0 Å². The van der Waals surface area contributed by atoms with Crippen LogP contribution >= 0.6 is 0 Å². The summed E-state index contributed by atoms with van der Waals surface area (Å²) in [5.74, 6) is 3.54. The number of ether oxygens (including phenoxy) is 1. The molecule has 4 nitrogen and oxygen atoms in total. The second-order valence-corrected chi connectivity index (χ2v) is 8.26. The first kappa shape index (κ1) is 20.0. The van der Waals surface area contributed by atoms with E-state index in [1.54, 1.807) is 19.2 Å². The van der Waals surface area contributed by atoms with Crippen LogP contribution in [0.3, 0.4) is 0 Å². The molecule has 0 N–H and O–H groups in total. The number of para-hydroxylation sites is 1. The highest BCUT2D eigenvalue weighted by Crippen LogP contribution is 2.21. The van der Waals surface area contributed by atoms with Crippen molar-refractivity contribution in [3.8, 4) is 18.1 Å². The molecule has 0 saturated heterocycles. The zero-order chi connectivity index (χ0) is 19.0. The predicted octanol–water partition coefficient (Wildman–Crippen LogP) is 3.51. The molecule has 0 unspecified atom stereocenters. The zero-order valence-electron chi connectivity index (χ0n) is 15.3. The van der Waals surface area contributed by atoms with Gasteiger partial charge in [-0.15, -0.1) is 12.3 Å². The maximum atomic E-state index is 11.6. The van der Waals surface area contributed by atoms with Gasteiger partial charge in [-0.25, -0.2) is 8.42 Å². The van der Waals surface area contributed by atoms with E-state index < -0.39 is 9.84 Å². The van der Waals surface area contributed by atoms with Gasteiger partial charge in [0.2, 0.25) is 0 Å². The second kappa shape index (κ2) is 9.42. The number of hydrogen-bond donors (Lipinski definition) is 0. The van der Waals surface area contributed by atoms with Crippen molar-refractivity contribution < 1.29 is 13.2 Å². The number of nitrogens with zero attached hydrogens (tertiary/aromatic N) is 1. The standard InChI is InChI=1S/C21H25NO3S/c1-4-5-8-15-22(17-19-9-6-7-10-21(19)25-2)16-18-11-13-20(14-12-18)26(3,23)24/h1,6-7,9-14H,5,8,15-17H2,2-3H3. The average Bonchev–Trinajstić information content (AvgIpc) is 2.62. The molecule has 2 aromatic rings. The van der Waals surface area contributed by atoms with Crippen LogP contribution in [0.15, 0.2) is 53.4 Å². The summed E-state index contributed by atoms with van der Waals surface area (Å²) in [4.78, 5) is 2.63. The zero-order valence-corrected chi connectivity index (χ0v) is 16.1. The summed E-state index contributed by atoms with van der Waals surface area (Å²) in [6, 6.07) is 15.0. The Morgan fingerprint density at radius 3 is 2.38 bits per heavy atom. The summed E-state index contributed by atoms with van der Waals surface area (Å²) in [6.45, 7) is 2.31. The lowest BCUT2D eigenvalue weighted by molar-refractivity contribution is 0.250. The molecule has 2 rings (SSSR count). The Morgan fingerprint density at radius 2 is 1.77 bits per heavy atom. The van der Waals surface area contributed by atoms with Gasteiger partial charge in [0, 0.05) is 31.3 Å². The van der Waals surface area contributed by atoms with E-state index >= 15 is 0 Å². The number of unbranched alkanes of at least 4 members (excludes halogenated alkanes) is 1. The summed E-state index contributed by atoms with van der Waals surface area (Å²) >= 11 is 0. The largest absolute Gasteiger partial charge is 0.496 e. The van der Waals surface area contributed by atoms with Crippen molar-refractivity contribution in [2.75, 3.05) is 19.9 Å². The lowest BCUT2D eigenvalue weighted by Gasteiger charge is -2.23. The normalized spacial score (nSPS) is 11.3. The van der Waals surface area contributed by atoms with Crippen molar-refractivity contribution in [3.63, 3.8) is 0 Å². The Balaban J connectivity index is 2.15. The van der Waals surface area contributed by atoms with E-state index in [1.807, 2.05) is 30.3 Å². The molecule has 0 amide bonds. The van der Waals surface area contributed by atoms with Crippen molar-refractivity contribution in [3.05, 3.63) is 59.7 Å². The number of rotatable bonds is 9. The smallest absolute Gasteiger partial charge is 0.175 e. The molecule has 0 aromatic heterocycles. The highest BCUT2D eigenvalue weighted by molar-refractivity contribution is 7.90. The first-order valence-electron chi connectivity index (χ1n) is 8.50. The third-order valence-electron chi connectivity index (χ3n) is 4.14. The minimum absolute atomic E-state index is 0.338. The van der Waals surface area contributed by atoms with Gasteiger partial charge in [0.15, 0.2) is 9.84 Å². The Labute approximate surface area is 156 Å². The number of hydrogen-bond acceptors (Lipinski definition) is 4. The van der Waals surface area contributed by atoms with Crippen LogP contribution in [0.2, 0.25) is 0 Å². The summed E-state index contributed by atoms with van der Waals surface area (Å²) in [5, 5.41) is 0. The van der Waals surface area contributed by atoms with Gasteiger partial charge in [-0.1, -0.05) is 30.3 Å². The van der Waals surface area contributed by atoms with Gasteiger partial charge in [0.05, 0.1) is 12.0 Å². The van der Waals surface area contributed by atoms with Crippen LogP contribution < -0.4 is 4.74 Å². The van der Waals surface area contributed by atoms with Crippen LogP contribution in [0, 0.1) is 12.3 Å². The molecule has 0 atom stereocenters. The van der Waals surface area contributed by atoms with Crippen LogP contribution in [-0.2, 0) is 22.9 Å². The molecule has 0 bridgehead atoms. The Kier molecular flexibility index (Phi) is 7.26. The Morgan fingerprint density at radius 1 is 1.08 bits per heavy atom. The molecule has 0 radical (unpaired) electrons. The van der Waals surface area contributed by atoms with E-state index in [4.69, 9.17) is 11.2 Å². The van der Waals surface area contributed by atoms with E-state index in [0.29, 0.717) is 11.4 Å². The molecule has 0 aliphatic heterocycles. The van der Waals surface area contributed by atoms with Crippen LogP contribution in [0.1, 0.15) is 24.0 Å². The van der Waals surface area contributed by atoms with Gasteiger partial charge in [-0.3, -0.25) is 4.90 Å². The first-order valence-corrected chi connectivity index (χ1v) is 10.4. The highest BCUT2D eigenvalue weighted by Gasteiger charge is 2.12. The second-order valence-electron chi connectivity index (χ2n) is 6.25. The van der Waals surface area contributed by atoms with Crippen molar-refractivity contribution in [1.82, 2.24) is 4.90 Å². The quantitative estimate of drug-likeness (QED) is 0.500. The van der Waals surface area contributed by atoms with Crippen LogP contribution in [0.5, 0.6) is 5.75 Å². The fraction of sp³-hybridized carbons (Fsp3) is 0.333. The summed E-state index contributed by atoms with van der Waals surface area (Å²) in [5.41, 5.74) is 2.18. The van der Waals surface area contributed by atoms with Crippen LogP contribution in [-0.4, -0.2) is 33.2 Å². The fourth-order valence-electron chi connectivity index (χ4n) is 2.79. The molecule has 138 valence electrons. The minimum Gasteiger partial charge on any atom is -0.496 e. The van der Waals surface area contributed by atoms with Crippen molar-refractivity contribution >= 4 is 9.84 Å². The molecule has 5 heteroatoms. The maximum absolute atomic E-state index is 11.6. The summed E-state index contributed by atoms with van der Waals surface area (Å²) < 4.78 is 28.7. The molecule has 26 heavy (non-hydrogen) atoms. The Hall–Kier alpha value is -2.29. The van der Waals surface area contributed by atoms with E-state index in [9.17, 15) is 8.42 Å². The van der Waals surface area contributed by atoms with E-state index in [1.165, 1.54) is 6.26 Å². The number of sulfone groups is 1. The van der Waals surface area contributed by atoms with E-state index in [-0.39, 0.29) is 0 Å². The minimum atomic E-state index is -3.18. The van der Waals surface area contributed by atoms with E-state index in [0.717, 1.165) is 42.8 Å². The molecular formula is C21H25NO3S. The number of methoxy groups -OCH3 is 1. The first-order chi connectivity index (χ1) is 12.4. The van der Waals surface area contributed by atoms with Gasteiger partial charge in [-0.2, -0.15) is 0 Å². The van der Waals surface area contributed by atoms with E-state index in [2.05, 4.69) is 16.9 Å². The third-order valence-corrected chi connectivity index (χ3v) is 5.27. The SMILES string of the molecule is C#CCCCN(Cc1ccc(S(C)(=O)=O)cc1)Cc1ccccc1OC. The molecule has 0 aliphatic rings. The molecule has 0 saturated carbocycles. The predicted molar refractivity (Wildman–Crippen MR) is 105 cm³/mol. The molecule has 0 heterocycles. The van der Waals surface area contributed by atoms with Crippen LogP contribution in [0.25, 0.3) is 0 Å². The lowest BCUT2D eigenvalue weighted by atomic mass is 10.1. The fourth-order valence-corrected chi connectivity index (χ4v) is 3.42. The molecule has 2 aromatic carbocycles. The van der Waals surface area contributed by atoms with Gasteiger partial charge >= 0.3 is 0 Å². The van der Waals surface area contributed by atoms with Crippen LogP contribution in [0.4, 0.5) is 0 Å². The van der Waals surface area contributed by atoms with Gasteiger partial charge < -0.3 is 4.74 Å². The van der Waals surface area contributed by atoms with Gasteiger partial charge in [0.1, 0.15) is 5.75 Å². The molecule has 0 spiro atoms. The monoisotopic (exact) mass is 371 g/mol. The van der Waals surface area contributed by atoms with Crippen molar-refractivity contribution in [1.29, 1.82) is 0 Å². The number of benzene rings is 2. The van der Waals surface area contributed by atoms with Crippen molar-refractivity contribution in [2.45, 2.75) is 30.8 Å². The average molecular weight is 372 g/mol. The Bertz CT molecular complexity index is 852. The molecule has 0 aliphatic carbocycles. The molecule has 0 fully saturated rings. The van der Waals surface area contributed by atoms with Gasteiger partial charge in [-0.05, 0) is 36.7 Å². The van der Waals surface area contributed by atoms with Gasteiger partial charge in [0.25, 0.3) is 0 Å². The summed E-state index contributed by atoms with van der Waals surface area (Å²) in [7, 11) is -1.50. The topological polar surface area (TPSA) is 46.6 Å². The molecular weight excluding hydrogens is 346 g/mol. The maximum Gasteiger partial charge on any atom is 0.175 e. The lowest BCUT2D eigenvalue weighted by Crippen LogP contribution is -2.24. The number of terminal acetylenes is 1. The highest BCUT2D eigenvalue weighted by atomic mass is 32.2.